The standard InChI is InChI=1S/C73H134O6/c1-4-7-10-13-16-19-22-25-28-29-30-31-32-33-34-35-36-37-38-39-40-41-42-43-44-46-48-51-54-57-60-63-66-72(75)78-69-70(68-77-71(74)65-62-59-56-53-50-47-27-24-21-18-15-12-9-6-3)79-73(76)67-64-61-58-55-52-49-45-26-23-20-17-14-11-8-5-2/h15,17-18,20,24,26-27,45,70H,4-14,16,19,21-23,25,28-44,46-69H2,1-3H3/b18-15-,20-17-,27-24-,45-26-. The van der Waals surface area contributed by atoms with Crippen molar-refractivity contribution in [1.82, 2.24) is 0 Å². The molecule has 0 amide bonds. The van der Waals surface area contributed by atoms with Crippen LogP contribution in [0.1, 0.15) is 380 Å². The summed E-state index contributed by atoms with van der Waals surface area (Å²) in [6.07, 6.45) is 85.9. The minimum absolute atomic E-state index is 0.0801. The summed E-state index contributed by atoms with van der Waals surface area (Å²) in [5.74, 6) is -0.888. The van der Waals surface area contributed by atoms with Gasteiger partial charge in [0, 0.05) is 19.3 Å². The molecule has 0 aliphatic heterocycles. The number of hydrogen-bond acceptors (Lipinski definition) is 6. The van der Waals surface area contributed by atoms with Crippen LogP contribution in [0.15, 0.2) is 48.6 Å². The smallest absolute Gasteiger partial charge is 0.306 e. The number of hydrogen-bond donors (Lipinski definition) is 0. The topological polar surface area (TPSA) is 78.9 Å². The van der Waals surface area contributed by atoms with Crippen molar-refractivity contribution < 1.29 is 28.6 Å². The van der Waals surface area contributed by atoms with E-state index in [2.05, 4.69) is 69.4 Å². The van der Waals surface area contributed by atoms with E-state index < -0.39 is 6.10 Å². The first kappa shape index (κ1) is 76.4. The summed E-state index contributed by atoms with van der Waals surface area (Å²) in [7, 11) is 0. The Morgan fingerprint density at radius 3 is 0.759 bits per heavy atom. The molecule has 0 aromatic rings. The van der Waals surface area contributed by atoms with Gasteiger partial charge >= 0.3 is 17.9 Å². The van der Waals surface area contributed by atoms with E-state index in [0.29, 0.717) is 19.3 Å². The van der Waals surface area contributed by atoms with E-state index in [1.54, 1.807) is 0 Å². The zero-order valence-electron chi connectivity index (χ0n) is 53.2. The maximum absolute atomic E-state index is 12.9. The van der Waals surface area contributed by atoms with E-state index in [9.17, 15) is 14.4 Å². The molecule has 0 fully saturated rings. The molecule has 1 atom stereocenters. The second kappa shape index (κ2) is 67.9. The second-order valence-corrected chi connectivity index (χ2v) is 23.8. The molecule has 6 heteroatoms. The fourth-order valence-corrected chi connectivity index (χ4v) is 10.5. The summed E-state index contributed by atoms with van der Waals surface area (Å²) >= 11 is 0. The normalized spacial score (nSPS) is 12.3. The minimum Gasteiger partial charge on any atom is -0.462 e. The first-order chi connectivity index (χ1) is 39.0. The van der Waals surface area contributed by atoms with E-state index >= 15 is 0 Å². The van der Waals surface area contributed by atoms with Crippen molar-refractivity contribution in [2.45, 2.75) is 386 Å². The lowest BCUT2D eigenvalue weighted by atomic mass is 10.0. The van der Waals surface area contributed by atoms with Gasteiger partial charge in [0.15, 0.2) is 6.10 Å². The van der Waals surface area contributed by atoms with Crippen molar-refractivity contribution in [3.05, 3.63) is 48.6 Å². The molecule has 1 unspecified atom stereocenters. The molecular formula is C73H134O6. The fraction of sp³-hybridized carbons (Fsp3) is 0.849. The number of carbonyl (C=O) groups is 3. The lowest BCUT2D eigenvalue weighted by Crippen LogP contribution is -2.30. The van der Waals surface area contributed by atoms with Crippen molar-refractivity contribution in [2.24, 2.45) is 0 Å². The third-order valence-electron chi connectivity index (χ3n) is 15.8. The Balaban J connectivity index is 4.12. The van der Waals surface area contributed by atoms with Gasteiger partial charge in [-0.2, -0.15) is 0 Å². The van der Waals surface area contributed by atoms with Gasteiger partial charge < -0.3 is 14.2 Å². The van der Waals surface area contributed by atoms with Gasteiger partial charge in [0.1, 0.15) is 13.2 Å². The van der Waals surface area contributed by atoms with Crippen LogP contribution in [0.2, 0.25) is 0 Å². The summed E-state index contributed by atoms with van der Waals surface area (Å²) < 4.78 is 16.9. The van der Waals surface area contributed by atoms with Crippen molar-refractivity contribution in [3.8, 4) is 0 Å². The predicted octanol–water partition coefficient (Wildman–Crippen LogP) is 24.1. The zero-order valence-corrected chi connectivity index (χ0v) is 53.2. The second-order valence-electron chi connectivity index (χ2n) is 23.8. The quantitative estimate of drug-likeness (QED) is 0.0261. The van der Waals surface area contributed by atoms with Crippen LogP contribution in [0.5, 0.6) is 0 Å². The van der Waals surface area contributed by atoms with Crippen LogP contribution in [-0.4, -0.2) is 37.2 Å². The molecular weight excluding hydrogens is 973 g/mol. The number of allylic oxidation sites excluding steroid dienone is 8. The van der Waals surface area contributed by atoms with Gasteiger partial charge in [-0.25, -0.2) is 0 Å². The third kappa shape index (κ3) is 66.1. The van der Waals surface area contributed by atoms with Crippen molar-refractivity contribution in [3.63, 3.8) is 0 Å². The van der Waals surface area contributed by atoms with Gasteiger partial charge in [0.05, 0.1) is 0 Å². The maximum Gasteiger partial charge on any atom is 0.306 e. The molecule has 0 aliphatic rings. The fourth-order valence-electron chi connectivity index (χ4n) is 10.5. The number of rotatable bonds is 65. The molecule has 0 radical (unpaired) electrons. The Kier molecular flexibility index (Phi) is 65.6. The number of esters is 3. The molecule has 0 aromatic carbocycles. The highest BCUT2D eigenvalue weighted by Gasteiger charge is 2.19. The molecule has 0 aliphatic carbocycles. The van der Waals surface area contributed by atoms with E-state index in [4.69, 9.17) is 14.2 Å². The Morgan fingerprint density at radius 1 is 0.253 bits per heavy atom. The summed E-state index contributed by atoms with van der Waals surface area (Å²) in [6, 6.07) is 0. The van der Waals surface area contributed by atoms with Crippen molar-refractivity contribution >= 4 is 17.9 Å². The SMILES string of the molecule is CCCC/C=C\C/C=C\CCCCCCCC(=O)OCC(COC(=O)CCCCCCCCCCCCCCCCCCCCCCCCCCCCCCCCCC)OC(=O)CCCCCCC/C=C\C/C=C\CCCCC. The van der Waals surface area contributed by atoms with Gasteiger partial charge in [0.2, 0.25) is 0 Å². The van der Waals surface area contributed by atoms with Crippen LogP contribution < -0.4 is 0 Å². The third-order valence-corrected chi connectivity index (χ3v) is 15.8. The zero-order chi connectivity index (χ0) is 57.1. The van der Waals surface area contributed by atoms with Gasteiger partial charge in [0.25, 0.3) is 0 Å². The van der Waals surface area contributed by atoms with E-state index in [-0.39, 0.29) is 31.1 Å². The summed E-state index contributed by atoms with van der Waals surface area (Å²) in [6.45, 7) is 6.61. The predicted molar refractivity (Wildman–Crippen MR) is 344 cm³/mol. The Labute approximate surface area is 492 Å². The molecule has 0 saturated heterocycles. The van der Waals surface area contributed by atoms with E-state index in [1.165, 1.54) is 238 Å². The average Bonchev–Trinajstić information content (AvgIpc) is 3.45. The Hall–Kier alpha value is -2.63. The maximum atomic E-state index is 12.9. The molecule has 0 N–H and O–H groups in total. The van der Waals surface area contributed by atoms with Crippen LogP contribution in [0, 0.1) is 0 Å². The summed E-state index contributed by atoms with van der Waals surface area (Å²) in [5.41, 5.74) is 0. The lowest BCUT2D eigenvalue weighted by molar-refractivity contribution is -0.167. The van der Waals surface area contributed by atoms with Crippen LogP contribution in [-0.2, 0) is 28.6 Å². The van der Waals surface area contributed by atoms with Gasteiger partial charge in [-0.3, -0.25) is 14.4 Å². The molecule has 0 aromatic heterocycles. The largest absolute Gasteiger partial charge is 0.462 e. The highest BCUT2D eigenvalue weighted by molar-refractivity contribution is 5.71. The molecule has 0 rings (SSSR count). The molecule has 79 heavy (non-hydrogen) atoms. The monoisotopic (exact) mass is 1110 g/mol. The average molecular weight is 1110 g/mol. The van der Waals surface area contributed by atoms with Crippen LogP contribution in [0.4, 0.5) is 0 Å². The highest BCUT2D eigenvalue weighted by Crippen LogP contribution is 2.18. The van der Waals surface area contributed by atoms with Crippen LogP contribution >= 0.6 is 0 Å². The summed E-state index contributed by atoms with van der Waals surface area (Å²) in [5, 5.41) is 0. The molecule has 0 bridgehead atoms. The Morgan fingerprint density at radius 2 is 0.468 bits per heavy atom. The first-order valence-electron chi connectivity index (χ1n) is 35.1. The highest BCUT2D eigenvalue weighted by atomic mass is 16.6. The van der Waals surface area contributed by atoms with Crippen LogP contribution in [0.25, 0.3) is 0 Å². The molecule has 462 valence electrons. The molecule has 0 saturated carbocycles. The summed E-state index contributed by atoms with van der Waals surface area (Å²) in [4.78, 5) is 38.3. The van der Waals surface area contributed by atoms with Crippen molar-refractivity contribution in [2.75, 3.05) is 13.2 Å². The number of ether oxygens (including phenoxy) is 3. The van der Waals surface area contributed by atoms with Gasteiger partial charge in [-0.05, 0) is 77.0 Å². The molecule has 0 spiro atoms. The Bertz CT molecular complexity index is 1360. The lowest BCUT2D eigenvalue weighted by Gasteiger charge is -2.18. The minimum atomic E-state index is -0.786. The molecule has 0 heterocycles. The van der Waals surface area contributed by atoms with Crippen LogP contribution in [0.3, 0.4) is 0 Å². The van der Waals surface area contributed by atoms with E-state index in [0.717, 1.165) is 103 Å². The number of carbonyl (C=O) groups excluding carboxylic acids is 3. The molecule has 6 nitrogen and oxygen atoms in total. The van der Waals surface area contributed by atoms with Gasteiger partial charge in [-0.1, -0.05) is 333 Å². The van der Waals surface area contributed by atoms with Gasteiger partial charge in [-0.15, -0.1) is 0 Å². The van der Waals surface area contributed by atoms with E-state index in [1.807, 2.05) is 0 Å². The number of unbranched alkanes of at least 4 members (excludes halogenated alkanes) is 46. The first-order valence-corrected chi connectivity index (χ1v) is 35.1. The van der Waals surface area contributed by atoms with Crippen molar-refractivity contribution in [1.29, 1.82) is 0 Å².